The first kappa shape index (κ1) is 14.7. The van der Waals surface area contributed by atoms with Gasteiger partial charge in [0.2, 0.25) is 0 Å². The van der Waals surface area contributed by atoms with Crippen molar-refractivity contribution in [3.05, 3.63) is 35.3 Å². The molecule has 1 aromatic carbocycles. The molecule has 0 saturated carbocycles. The Bertz CT molecular complexity index is 729. The van der Waals surface area contributed by atoms with Crippen molar-refractivity contribution in [2.75, 3.05) is 13.7 Å². The van der Waals surface area contributed by atoms with Crippen LogP contribution in [0.25, 0.3) is 10.9 Å². The van der Waals surface area contributed by atoms with E-state index in [1.54, 1.807) is 6.92 Å². The average molecular weight is 293 g/mol. The molecule has 1 N–H and O–H groups in total. The second-order valence-corrected chi connectivity index (χ2v) is 4.09. The lowest BCUT2D eigenvalue weighted by Gasteiger charge is -2.08. The topological polar surface area (TPSA) is 85.7 Å². The van der Waals surface area contributed by atoms with Crippen LogP contribution in [0.3, 0.4) is 0 Å². The van der Waals surface area contributed by atoms with E-state index in [0.717, 1.165) is 12.1 Å². The summed E-state index contributed by atoms with van der Waals surface area (Å²) < 4.78 is 22.8. The van der Waals surface area contributed by atoms with Gasteiger partial charge in [0.25, 0.3) is 0 Å². The highest BCUT2D eigenvalue weighted by Gasteiger charge is 2.19. The third kappa shape index (κ3) is 2.76. The third-order valence-electron chi connectivity index (χ3n) is 2.77. The summed E-state index contributed by atoms with van der Waals surface area (Å²) in [4.78, 5) is 27.4. The lowest BCUT2D eigenvalue weighted by molar-refractivity contribution is 0.0520. The van der Waals surface area contributed by atoms with Gasteiger partial charge in [-0.2, -0.15) is 0 Å². The van der Waals surface area contributed by atoms with Gasteiger partial charge in [-0.25, -0.2) is 19.0 Å². The molecule has 0 atom stereocenters. The van der Waals surface area contributed by atoms with E-state index in [-0.39, 0.29) is 28.8 Å². The number of halogens is 1. The predicted molar refractivity (Wildman–Crippen MR) is 70.7 cm³/mol. The molecule has 0 radical (unpaired) electrons. The highest BCUT2D eigenvalue weighted by atomic mass is 19.1. The summed E-state index contributed by atoms with van der Waals surface area (Å²) in [5.74, 6) is -3.01. The van der Waals surface area contributed by atoms with Gasteiger partial charge in [0.05, 0.1) is 24.8 Å². The quantitative estimate of drug-likeness (QED) is 0.872. The number of ether oxygens (including phenoxy) is 2. The van der Waals surface area contributed by atoms with Crippen molar-refractivity contribution < 1.29 is 28.6 Å². The second-order valence-electron chi connectivity index (χ2n) is 4.09. The Morgan fingerprint density at radius 3 is 2.62 bits per heavy atom. The fraction of sp³-hybridized carbons (Fsp3) is 0.214. The fourth-order valence-corrected chi connectivity index (χ4v) is 1.82. The molecule has 0 aliphatic rings. The van der Waals surface area contributed by atoms with Crippen LogP contribution in [-0.2, 0) is 9.47 Å². The molecule has 0 spiro atoms. The maximum Gasteiger partial charge on any atom is 0.356 e. The molecule has 6 nitrogen and oxygen atoms in total. The van der Waals surface area contributed by atoms with Crippen molar-refractivity contribution in [2.45, 2.75) is 6.92 Å². The van der Waals surface area contributed by atoms with Crippen LogP contribution in [0.5, 0.6) is 5.75 Å². The van der Waals surface area contributed by atoms with Crippen molar-refractivity contribution in [3.63, 3.8) is 0 Å². The van der Waals surface area contributed by atoms with Crippen LogP contribution >= 0.6 is 0 Å². The lowest BCUT2D eigenvalue weighted by atomic mass is 10.1. The Labute approximate surface area is 119 Å². The Morgan fingerprint density at radius 2 is 2.00 bits per heavy atom. The zero-order chi connectivity index (χ0) is 15.6. The average Bonchev–Trinajstić information content (AvgIpc) is 2.47. The van der Waals surface area contributed by atoms with Crippen LogP contribution < -0.4 is 0 Å². The highest BCUT2D eigenvalue weighted by molar-refractivity contribution is 6.06. The van der Waals surface area contributed by atoms with Crippen LogP contribution in [-0.4, -0.2) is 35.7 Å². The molecule has 0 unspecified atom stereocenters. The number of rotatable bonds is 3. The maximum absolute atomic E-state index is 13.4. The summed E-state index contributed by atoms with van der Waals surface area (Å²) in [5, 5.41) is 9.59. The van der Waals surface area contributed by atoms with Gasteiger partial charge in [0.15, 0.2) is 11.6 Å². The van der Waals surface area contributed by atoms with E-state index in [2.05, 4.69) is 9.72 Å². The van der Waals surface area contributed by atoms with Crippen LogP contribution in [0.4, 0.5) is 4.39 Å². The Balaban J connectivity index is 2.73. The van der Waals surface area contributed by atoms with E-state index in [9.17, 15) is 19.1 Å². The van der Waals surface area contributed by atoms with Gasteiger partial charge >= 0.3 is 11.9 Å². The van der Waals surface area contributed by atoms with Crippen LogP contribution in [0.1, 0.15) is 27.8 Å². The number of methoxy groups -OCH3 is 1. The number of esters is 2. The predicted octanol–water partition coefficient (Wildman–Crippen LogP) is 2.04. The Kier molecular flexibility index (Phi) is 4.02. The molecular weight excluding hydrogens is 281 g/mol. The van der Waals surface area contributed by atoms with Crippen molar-refractivity contribution in [3.8, 4) is 5.75 Å². The molecule has 2 aromatic rings. The number of phenols is 1. The normalized spacial score (nSPS) is 10.4. The molecule has 0 fully saturated rings. The first-order valence-electron chi connectivity index (χ1n) is 6.06. The number of carbonyl (C=O) groups is 2. The SMILES string of the molecule is CCOC(=O)c1cc(C(=O)OC)c2cc(O)c(F)cc2n1. The standard InChI is InChI=1S/C14H12FNO5/c1-3-21-14(19)11-4-8(13(18)20-2)7-5-12(17)9(15)6-10(7)16-11/h4-6,17H,3H2,1-2H3. The minimum Gasteiger partial charge on any atom is -0.505 e. The van der Waals surface area contributed by atoms with Crippen molar-refractivity contribution in [2.24, 2.45) is 0 Å². The molecule has 21 heavy (non-hydrogen) atoms. The van der Waals surface area contributed by atoms with Crippen molar-refractivity contribution >= 4 is 22.8 Å². The molecule has 2 rings (SSSR count). The second kappa shape index (κ2) is 5.74. The summed E-state index contributed by atoms with van der Waals surface area (Å²) in [6, 6.07) is 3.17. The number of phenolic OH excluding ortho intramolecular Hbond substituents is 1. The first-order valence-corrected chi connectivity index (χ1v) is 6.06. The first-order chi connectivity index (χ1) is 9.97. The van der Waals surface area contributed by atoms with Crippen LogP contribution in [0.2, 0.25) is 0 Å². The number of hydrogen-bond donors (Lipinski definition) is 1. The minimum atomic E-state index is -0.910. The van der Waals surface area contributed by atoms with E-state index in [1.165, 1.54) is 13.2 Å². The summed E-state index contributed by atoms with van der Waals surface area (Å²) in [6.45, 7) is 1.76. The Morgan fingerprint density at radius 1 is 1.29 bits per heavy atom. The highest BCUT2D eigenvalue weighted by Crippen LogP contribution is 2.26. The van der Waals surface area contributed by atoms with Crippen molar-refractivity contribution in [1.29, 1.82) is 0 Å². The van der Waals surface area contributed by atoms with Gasteiger partial charge in [-0.15, -0.1) is 0 Å². The number of nitrogens with zero attached hydrogens (tertiary/aromatic N) is 1. The summed E-state index contributed by atoms with van der Waals surface area (Å²) >= 11 is 0. The number of pyridine rings is 1. The molecule has 0 bridgehead atoms. The summed E-state index contributed by atoms with van der Waals surface area (Å²) in [5.41, 5.74) is -0.119. The van der Waals surface area contributed by atoms with Crippen LogP contribution in [0, 0.1) is 5.82 Å². The van der Waals surface area contributed by atoms with Gasteiger partial charge in [-0.05, 0) is 19.1 Å². The van der Waals surface area contributed by atoms with Gasteiger partial charge in [0, 0.05) is 11.5 Å². The number of aromatic nitrogens is 1. The van der Waals surface area contributed by atoms with E-state index >= 15 is 0 Å². The summed E-state index contributed by atoms with van der Waals surface area (Å²) in [6.07, 6.45) is 0. The zero-order valence-electron chi connectivity index (χ0n) is 11.3. The molecule has 110 valence electrons. The van der Waals surface area contributed by atoms with Gasteiger partial charge in [-0.3, -0.25) is 0 Å². The number of aromatic hydroxyl groups is 1. The van der Waals surface area contributed by atoms with E-state index in [0.29, 0.717) is 0 Å². The van der Waals surface area contributed by atoms with Gasteiger partial charge in [0.1, 0.15) is 5.69 Å². The van der Waals surface area contributed by atoms with Crippen LogP contribution in [0.15, 0.2) is 18.2 Å². The number of hydrogen-bond acceptors (Lipinski definition) is 6. The largest absolute Gasteiger partial charge is 0.505 e. The molecule has 1 aromatic heterocycles. The molecular formula is C14H12FNO5. The minimum absolute atomic E-state index is 0.0131. The molecule has 0 aliphatic heterocycles. The third-order valence-corrected chi connectivity index (χ3v) is 2.77. The van der Waals surface area contributed by atoms with Gasteiger partial charge < -0.3 is 14.6 Å². The molecule has 0 amide bonds. The van der Waals surface area contributed by atoms with Crippen molar-refractivity contribution in [1.82, 2.24) is 4.98 Å². The number of benzene rings is 1. The summed E-state index contributed by atoms with van der Waals surface area (Å²) in [7, 11) is 1.17. The van der Waals surface area contributed by atoms with E-state index < -0.39 is 23.5 Å². The smallest absolute Gasteiger partial charge is 0.356 e. The van der Waals surface area contributed by atoms with Gasteiger partial charge in [-0.1, -0.05) is 0 Å². The number of carbonyl (C=O) groups excluding carboxylic acids is 2. The molecule has 7 heteroatoms. The Hall–Kier alpha value is -2.70. The number of fused-ring (bicyclic) bond motifs is 1. The molecule has 1 heterocycles. The monoisotopic (exact) mass is 293 g/mol. The van der Waals surface area contributed by atoms with E-state index in [4.69, 9.17) is 4.74 Å². The molecule has 0 aliphatic carbocycles. The fourth-order valence-electron chi connectivity index (χ4n) is 1.82. The zero-order valence-corrected chi connectivity index (χ0v) is 11.3. The van der Waals surface area contributed by atoms with E-state index in [1.807, 2.05) is 0 Å². The maximum atomic E-state index is 13.4. The lowest BCUT2D eigenvalue weighted by Crippen LogP contribution is -2.11. The molecule has 0 saturated heterocycles.